The number of pyridine rings is 1. The molecule has 0 saturated heterocycles. The first-order valence-electron chi connectivity index (χ1n) is 11.3. The average Bonchev–Trinajstić information content (AvgIpc) is 3.34. The molecule has 6 rings (SSSR count). The van der Waals surface area contributed by atoms with E-state index in [0.717, 1.165) is 39.0 Å². The van der Waals surface area contributed by atoms with E-state index in [-0.39, 0.29) is 5.88 Å². The molecule has 5 aromatic rings. The molecular weight excluding hydrogens is 434 g/mol. The van der Waals surface area contributed by atoms with Crippen LogP contribution in [0.4, 0.5) is 0 Å². The van der Waals surface area contributed by atoms with Crippen LogP contribution in [0.5, 0.6) is 5.75 Å². The number of aromatic nitrogens is 3. The Bertz CT molecular complexity index is 1640. The highest BCUT2D eigenvalue weighted by Crippen LogP contribution is 2.47. The second-order valence-electron chi connectivity index (χ2n) is 8.56. The maximum Gasteiger partial charge on any atom is 0.205 e. The predicted molar refractivity (Wildman–Crippen MR) is 135 cm³/mol. The third-order valence-corrected chi connectivity index (χ3v) is 6.36. The molecule has 1 unspecified atom stereocenters. The normalized spacial score (nSPS) is 14.9. The topological polar surface area (TPSA) is 89.8 Å². The quantitative estimate of drug-likeness (QED) is 0.382. The largest absolute Gasteiger partial charge is 0.438 e. The van der Waals surface area contributed by atoms with Crippen molar-refractivity contribution in [2.45, 2.75) is 12.8 Å². The fourth-order valence-corrected chi connectivity index (χ4v) is 4.62. The number of rotatable bonds is 3. The highest BCUT2D eigenvalue weighted by Gasteiger charge is 2.35. The van der Waals surface area contributed by atoms with Crippen LogP contribution >= 0.6 is 0 Å². The molecule has 1 aliphatic heterocycles. The van der Waals surface area contributed by atoms with Gasteiger partial charge < -0.3 is 10.5 Å². The predicted octanol–water partition coefficient (Wildman–Crippen LogP) is 5.61. The third-order valence-electron chi connectivity index (χ3n) is 6.36. The number of benzene rings is 3. The lowest BCUT2D eigenvalue weighted by Crippen LogP contribution is -2.21. The van der Waals surface area contributed by atoms with E-state index in [1.54, 1.807) is 6.20 Å². The lowest BCUT2D eigenvalue weighted by Gasteiger charge is -2.26. The number of para-hydroxylation sites is 1. The number of nitrogens with zero attached hydrogens (tertiary/aromatic N) is 4. The van der Waals surface area contributed by atoms with Gasteiger partial charge in [0.1, 0.15) is 17.2 Å². The van der Waals surface area contributed by atoms with E-state index in [9.17, 15) is 5.26 Å². The summed E-state index contributed by atoms with van der Waals surface area (Å²) in [6.07, 6.45) is 3.71. The van der Waals surface area contributed by atoms with E-state index in [4.69, 9.17) is 15.6 Å². The van der Waals surface area contributed by atoms with Gasteiger partial charge in [-0.1, -0.05) is 66.2 Å². The molecule has 1 aliphatic rings. The van der Waals surface area contributed by atoms with Gasteiger partial charge in [0.2, 0.25) is 5.88 Å². The van der Waals surface area contributed by atoms with Crippen molar-refractivity contribution < 1.29 is 4.74 Å². The zero-order chi connectivity index (χ0) is 23.9. The molecule has 168 valence electrons. The van der Waals surface area contributed by atoms with E-state index in [1.807, 2.05) is 65.5 Å². The Labute approximate surface area is 202 Å². The molecule has 2 N–H and O–H groups in total. The van der Waals surface area contributed by atoms with Crippen LogP contribution in [-0.4, -0.2) is 14.8 Å². The van der Waals surface area contributed by atoms with E-state index in [0.29, 0.717) is 16.8 Å². The molecule has 0 aliphatic carbocycles. The summed E-state index contributed by atoms with van der Waals surface area (Å²) in [4.78, 5) is 4.54. The molecule has 0 spiro atoms. The molecule has 0 amide bonds. The summed E-state index contributed by atoms with van der Waals surface area (Å²) in [5, 5.41) is 16.1. The van der Waals surface area contributed by atoms with Crippen molar-refractivity contribution in [3.63, 3.8) is 0 Å². The van der Waals surface area contributed by atoms with Crippen LogP contribution in [0.1, 0.15) is 22.6 Å². The molecule has 1 atom stereocenters. The Morgan fingerprint density at radius 1 is 0.943 bits per heavy atom. The Hall–Kier alpha value is -4.89. The summed E-state index contributed by atoms with van der Waals surface area (Å²) >= 11 is 0. The number of hydrogen-bond donors (Lipinski definition) is 1. The lowest BCUT2D eigenvalue weighted by atomic mass is 9.82. The molecule has 6 nitrogen and oxygen atoms in total. The van der Waals surface area contributed by atoms with Gasteiger partial charge in [0.15, 0.2) is 5.75 Å². The maximum atomic E-state index is 10.1. The summed E-state index contributed by atoms with van der Waals surface area (Å²) < 4.78 is 7.85. The standard InChI is InChI=1S/C29H21N5O/c1-18-9-11-20(12-10-18)26-24(17-34(33-26)21-7-3-2-4-8-21)25-22-14-13-19-6-5-15-32-27(19)28(22)35-29(31)23(25)16-30/h2-15,17,25H,31H2,1H3. The first-order chi connectivity index (χ1) is 17.1. The number of hydrogen-bond acceptors (Lipinski definition) is 5. The highest BCUT2D eigenvalue weighted by molar-refractivity contribution is 5.87. The first kappa shape index (κ1) is 20.7. The van der Waals surface area contributed by atoms with Gasteiger partial charge in [-0.15, -0.1) is 0 Å². The lowest BCUT2D eigenvalue weighted by molar-refractivity contribution is 0.397. The Balaban J connectivity index is 1.64. The van der Waals surface area contributed by atoms with Crippen LogP contribution in [-0.2, 0) is 0 Å². The molecule has 3 heterocycles. The number of nitrogens with two attached hydrogens (primary N) is 1. The van der Waals surface area contributed by atoms with Crippen molar-refractivity contribution in [1.29, 1.82) is 5.26 Å². The molecule has 0 bridgehead atoms. The Morgan fingerprint density at radius 3 is 2.51 bits per heavy atom. The molecule has 0 saturated carbocycles. The van der Waals surface area contributed by atoms with Crippen molar-refractivity contribution >= 4 is 10.9 Å². The molecule has 0 fully saturated rings. The van der Waals surface area contributed by atoms with E-state index in [1.165, 1.54) is 0 Å². The molecule has 3 aromatic carbocycles. The van der Waals surface area contributed by atoms with Gasteiger partial charge in [0.25, 0.3) is 0 Å². The summed E-state index contributed by atoms with van der Waals surface area (Å²) in [7, 11) is 0. The van der Waals surface area contributed by atoms with Gasteiger partial charge in [-0.25, -0.2) is 4.68 Å². The van der Waals surface area contributed by atoms with Crippen LogP contribution in [0.2, 0.25) is 0 Å². The molecule has 6 heteroatoms. The van der Waals surface area contributed by atoms with E-state index >= 15 is 0 Å². The van der Waals surface area contributed by atoms with Gasteiger partial charge >= 0.3 is 0 Å². The van der Waals surface area contributed by atoms with Crippen molar-refractivity contribution in [3.05, 3.63) is 119 Å². The van der Waals surface area contributed by atoms with Crippen LogP contribution < -0.4 is 10.5 Å². The monoisotopic (exact) mass is 455 g/mol. The highest BCUT2D eigenvalue weighted by atomic mass is 16.5. The minimum absolute atomic E-state index is 0.0884. The maximum absolute atomic E-state index is 10.1. The minimum atomic E-state index is -0.455. The van der Waals surface area contributed by atoms with Gasteiger partial charge in [-0.05, 0) is 25.1 Å². The Morgan fingerprint density at radius 2 is 1.74 bits per heavy atom. The molecular formula is C29H21N5O. The summed E-state index contributed by atoms with van der Waals surface area (Å²) in [5.41, 5.74) is 12.9. The smallest absolute Gasteiger partial charge is 0.205 e. The fourth-order valence-electron chi connectivity index (χ4n) is 4.62. The van der Waals surface area contributed by atoms with Crippen LogP contribution in [0.25, 0.3) is 27.8 Å². The average molecular weight is 456 g/mol. The van der Waals surface area contributed by atoms with Crippen LogP contribution in [0.3, 0.4) is 0 Å². The summed E-state index contributed by atoms with van der Waals surface area (Å²) in [6.45, 7) is 2.05. The number of aryl methyl sites for hydroxylation is 1. The van der Waals surface area contributed by atoms with Crippen molar-refractivity contribution in [2.24, 2.45) is 5.73 Å². The number of allylic oxidation sites excluding steroid dienone is 1. The van der Waals surface area contributed by atoms with E-state index < -0.39 is 5.92 Å². The van der Waals surface area contributed by atoms with E-state index in [2.05, 4.69) is 42.2 Å². The van der Waals surface area contributed by atoms with Gasteiger partial charge in [-0.3, -0.25) is 4.98 Å². The number of ether oxygens (including phenoxy) is 1. The van der Waals surface area contributed by atoms with Gasteiger partial charge in [0, 0.05) is 34.5 Å². The summed E-state index contributed by atoms with van der Waals surface area (Å²) in [6, 6.07) is 28.3. The minimum Gasteiger partial charge on any atom is -0.438 e. The van der Waals surface area contributed by atoms with Crippen molar-refractivity contribution in [2.75, 3.05) is 0 Å². The molecule has 35 heavy (non-hydrogen) atoms. The van der Waals surface area contributed by atoms with Crippen molar-refractivity contribution in [1.82, 2.24) is 14.8 Å². The number of fused-ring (bicyclic) bond motifs is 3. The van der Waals surface area contributed by atoms with Crippen LogP contribution in [0.15, 0.2) is 103 Å². The Kier molecular flexibility index (Phi) is 4.82. The second kappa shape index (κ2) is 8.15. The number of nitriles is 1. The molecule has 0 radical (unpaired) electrons. The molecule has 2 aromatic heterocycles. The second-order valence-corrected chi connectivity index (χ2v) is 8.56. The van der Waals surface area contributed by atoms with Gasteiger partial charge in [0.05, 0.1) is 17.3 Å². The fraction of sp³-hybridized carbons (Fsp3) is 0.0690. The summed E-state index contributed by atoms with van der Waals surface area (Å²) in [5.74, 6) is 0.210. The van der Waals surface area contributed by atoms with Gasteiger partial charge in [-0.2, -0.15) is 10.4 Å². The van der Waals surface area contributed by atoms with Crippen LogP contribution in [0, 0.1) is 18.3 Å². The SMILES string of the molecule is Cc1ccc(-c2nn(-c3ccccc3)cc2C2C(C#N)=C(N)Oc3c2ccc2cccnc32)cc1. The third kappa shape index (κ3) is 3.42. The van der Waals surface area contributed by atoms with Crippen molar-refractivity contribution in [3.8, 4) is 28.8 Å². The first-order valence-corrected chi connectivity index (χ1v) is 11.3. The zero-order valence-corrected chi connectivity index (χ0v) is 19.0. The zero-order valence-electron chi connectivity index (χ0n) is 19.0.